The minimum Gasteiger partial charge on any atom is -0.480 e. The monoisotopic (exact) mass is 226 g/mol. The Morgan fingerprint density at radius 3 is 2.75 bits per heavy atom. The first-order valence-corrected chi connectivity index (χ1v) is 5.37. The van der Waals surface area contributed by atoms with Crippen LogP contribution >= 0.6 is 0 Å². The summed E-state index contributed by atoms with van der Waals surface area (Å²) in [6.07, 6.45) is 0.603. The summed E-state index contributed by atoms with van der Waals surface area (Å²) in [5, 5.41) is 15.8. The minimum absolute atomic E-state index is 0.340. The number of carboxylic acids is 1. The highest BCUT2D eigenvalue weighted by molar-refractivity contribution is 5.73. The molecule has 0 saturated carbocycles. The summed E-state index contributed by atoms with van der Waals surface area (Å²) >= 11 is 0. The van der Waals surface area contributed by atoms with Crippen LogP contribution in [0.1, 0.15) is 31.7 Å². The number of carbonyl (C=O) groups is 1. The topological polar surface area (TPSA) is 75.4 Å². The van der Waals surface area contributed by atoms with Gasteiger partial charge >= 0.3 is 5.97 Å². The molecule has 0 aliphatic heterocycles. The van der Waals surface area contributed by atoms with Crippen LogP contribution < -0.4 is 5.32 Å². The fourth-order valence-electron chi connectivity index (χ4n) is 1.47. The van der Waals surface area contributed by atoms with Crippen LogP contribution in [0.3, 0.4) is 0 Å². The molecule has 0 radical (unpaired) electrons. The maximum absolute atomic E-state index is 11.0. The van der Waals surface area contributed by atoms with E-state index >= 15 is 0 Å². The standard InChI is InChI=1S/C11H18N2O3/c1-7(2)4-10(11(14)15)12-6-9-5-8(3)16-13-9/h5,7,10,12H,4,6H2,1-3H3,(H,14,15). The molecule has 0 spiro atoms. The normalized spacial score (nSPS) is 13.0. The van der Waals surface area contributed by atoms with Crippen molar-refractivity contribution in [2.24, 2.45) is 5.92 Å². The Hall–Kier alpha value is -1.36. The van der Waals surface area contributed by atoms with E-state index in [4.69, 9.17) is 9.63 Å². The molecule has 0 fully saturated rings. The number of aryl methyl sites for hydroxylation is 1. The summed E-state index contributed by atoms with van der Waals surface area (Å²) < 4.78 is 4.90. The number of aliphatic carboxylic acids is 1. The highest BCUT2D eigenvalue weighted by Crippen LogP contribution is 2.07. The molecule has 1 atom stereocenters. The fourth-order valence-corrected chi connectivity index (χ4v) is 1.47. The van der Waals surface area contributed by atoms with E-state index in [1.807, 2.05) is 13.8 Å². The lowest BCUT2D eigenvalue weighted by molar-refractivity contribution is -0.140. The molecule has 16 heavy (non-hydrogen) atoms. The average Bonchev–Trinajstić information content (AvgIpc) is 2.58. The van der Waals surface area contributed by atoms with E-state index in [9.17, 15) is 4.79 Å². The van der Waals surface area contributed by atoms with E-state index in [0.29, 0.717) is 18.9 Å². The molecule has 2 N–H and O–H groups in total. The zero-order valence-electron chi connectivity index (χ0n) is 9.86. The molecule has 0 bridgehead atoms. The highest BCUT2D eigenvalue weighted by Gasteiger charge is 2.18. The van der Waals surface area contributed by atoms with Gasteiger partial charge in [-0.25, -0.2) is 0 Å². The quantitative estimate of drug-likeness (QED) is 0.770. The van der Waals surface area contributed by atoms with Crippen LogP contribution in [0.5, 0.6) is 0 Å². The van der Waals surface area contributed by atoms with Crippen LogP contribution in [0.25, 0.3) is 0 Å². The van der Waals surface area contributed by atoms with Crippen molar-refractivity contribution in [2.45, 2.75) is 39.8 Å². The van der Waals surface area contributed by atoms with E-state index in [0.717, 1.165) is 11.5 Å². The van der Waals surface area contributed by atoms with E-state index in [1.165, 1.54) is 0 Å². The number of hydrogen-bond acceptors (Lipinski definition) is 4. The zero-order valence-corrected chi connectivity index (χ0v) is 9.86. The number of carboxylic acid groups (broad SMARTS) is 1. The Balaban J connectivity index is 2.46. The SMILES string of the molecule is Cc1cc(CNC(CC(C)C)C(=O)O)no1. The molecule has 5 heteroatoms. The van der Waals surface area contributed by atoms with Crippen molar-refractivity contribution in [1.82, 2.24) is 10.5 Å². The van der Waals surface area contributed by atoms with Gasteiger partial charge in [0.25, 0.3) is 0 Å². The Morgan fingerprint density at radius 1 is 1.62 bits per heavy atom. The summed E-state index contributed by atoms with van der Waals surface area (Å²) in [5.41, 5.74) is 0.729. The van der Waals surface area contributed by atoms with Crippen LogP contribution in [0.4, 0.5) is 0 Å². The third-order valence-corrected chi connectivity index (χ3v) is 2.21. The fraction of sp³-hybridized carbons (Fsp3) is 0.636. The second kappa shape index (κ2) is 5.65. The van der Waals surface area contributed by atoms with E-state index in [-0.39, 0.29) is 0 Å². The van der Waals surface area contributed by atoms with Crippen molar-refractivity contribution in [3.05, 3.63) is 17.5 Å². The molecule has 1 aromatic heterocycles. The Morgan fingerprint density at radius 2 is 2.31 bits per heavy atom. The first-order chi connectivity index (χ1) is 7.49. The molecular weight excluding hydrogens is 208 g/mol. The van der Waals surface area contributed by atoms with E-state index in [2.05, 4.69) is 10.5 Å². The van der Waals surface area contributed by atoms with Crippen molar-refractivity contribution in [3.8, 4) is 0 Å². The number of nitrogens with one attached hydrogen (secondary N) is 1. The van der Waals surface area contributed by atoms with Crippen molar-refractivity contribution in [1.29, 1.82) is 0 Å². The largest absolute Gasteiger partial charge is 0.480 e. The third kappa shape index (κ3) is 4.02. The first kappa shape index (κ1) is 12.7. The Bertz CT molecular complexity index is 347. The smallest absolute Gasteiger partial charge is 0.320 e. The molecule has 1 heterocycles. The summed E-state index contributed by atoms with van der Waals surface area (Å²) in [7, 11) is 0. The van der Waals surface area contributed by atoms with Crippen molar-refractivity contribution < 1.29 is 14.4 Å². The minimum atomic E-state index is -0.825. The van der Waals surface area contributed by atoms with Gasteiger partial charge in [-0.15, -0.1) is 0 Å². The van der Waals surface area contributed by atoms with Crippen LogP contribution in [0.2, 0.25) is 0 Å². The molecule has 1 rings (SSSR count). The summed E-state index contributed by atoms with van der Waals surface area (Å²) in [4.78, 5) is 11.0. The highest BCUT2D eigenvalue weighted by atomic mass is 16.5. The average molecular weight is 226 g/mol. The van der Waals surface area contributed by atoms with E-state index < -0.39 is 12.0 Å². The van der Waals surface area contributed by atoms with Gasteiger partial charge in [-0.1, -0.05) is 19.0 Å². The third-order valence-electron chi connectivity index (χ3n) is 2.21. The molecule has 0 aliphatic rings. The van der Waals surface area contributed by atoms with Gasteiger partial charge in [-0.3, -0.25) is 10.1 Å². The maximum atomic E-state index is 11.0. The van der Waals surface area contributed by atoms with Crippen molar-refractivity contribution in [3.63, 3.8) is 0 Å². The molecule has 0 aliphatic carbocycles. The molecule has 90 valence electrons. The van der Waals surface area contributed by atoms with Gasteiger partial charge in [0.05, 0.1) is 5.69 Å². The van der Waals surface area contributed by atoms with Gasteiger partial charge in [0.1, 0.15) is 11.8 Å². The molecule has 5 nitrogen and oxygen atoms in total. The van der Waals surface area contributed by atoms with Crippen molar-refractivity contribution in [2.75, 3.05) is 0 Å². The zero-order chi connectivity index (χ0) is 12.1. The van der Waals surface area contributed by atoms with Gasteiger partial charge in [0.15, 0.2) is 0 Å². The summed E-state index contributed by atoms with van der Waals surface area (Å²) in [5.74, 6) is 0.245. The Labute approximate surface area is 94.8 Å². The molecule has 0 amide bonds. The molecule has 1 unspecified atom stereocenters. The lowest BCUT2D eigenvalue weighted by Crippen LogP contribution is -2.37. The van der Waals surface area contributed by atoms with Gasteiger partial charge in [0.2, 0.25) is 0 Å². The summed E-state index contributed by atoms with van der Waals surface area (Å²) in [6.45, 7) is 6.22. The van der Waals surface area contributed by atoms with Gasteiger partial charge in [-0.05, 0) is 19.3 Å². The van der Waals surface area contributed by atoms with Gasteiger partial charge in [-0.2, -0.15) is 0 Å². The van der Waals surface area contributed by atoms with Crippen LogP contribution in [-0.4, -0.2) is 22.3 Å². The molecular formula is C11H18N2O3. The predicted molar refractivity (Wildman–Crippen MR) is 59.0 cm³/mol. The first-order valence-electron chi connectivity index (χ1n) is 5.37. The van der Waals surface area contributed by atoms with E-state index in [1.54, 1.807) is 13.0 Å². The predicted octanol–water partition coefficient (Wildman–Crippen LogP) is 1.57. The second-order valence-electron chi connectivity index (χ2n) is 4.33. The van der Waals surface area contributed by atoms with Gasteiger partial charge < -0.3 is 9.63 Å². The number of nitrogens with zero attached hydrogens (tertiary/aromatic N) is 1. The lowest BCUT2D eigenvalue weighted by atomic mass is 10.0. The van der Waals surface area contributed by atoms with Crippen LogP contribution in [-0.2, 0) is 11.3 Å². The number of rotatable bonds is 6. The number of hydrogen-bond donors (Lipinski definition) is 2. The Kier molecular flexibility index (Phi) is 4.49. The lowest BCUT2D eigenvalue weighted by Gasteiger charge is -2.15. The molecule has 1 aromatic rings. The van der Waals surface area contributed by atoms with Gasteiger partial charge in [0, 0.05) is 12.6 Å². The van der Waals surface area contributed by atoms with Crippen molar-refractivity contribution >= 4 is 5.97 Å². The van der Waals surface area contributed by atoms with Crippen LogP contribution in [0, 0.1) is 12.8 Å². The molecule has 0 saturated heterocycles. The maximum Gasteiger partial charge on any atom is 0.320 e. The summed E-state index contributed by atoms with van der Waals surface area (Å²) in [6, 6.07) is 1.26. The number of aromatic nitrogens is 1. The molecule has 0 aromatic carbocycles. The van der Waals surface area contributed by atoms with Crippen LogP contribution in [0.15, 0.2) is 10.6 Å². The second-order valence-corrected chi connectivity index (χ2v) is 4.33.